The molecule has 1 spiro atoms. The van der Waals surface area contributed by atoms with Gasteiger partial charge in [-0.25, -0.2) is 0 Å². The molecule has 6 fully saturated rings. The van der Waals surface area contributed by atoms with E-state index < -0.39 is 5.97 Å². The highest BCUT2D eigenvalue weighted by atomic mass is 16.5. The van der Waals surface area contributed by atoms with Crippen LogP contribution in [0, 0.1) is 63.6 Å². The molecule has 0 radical (unpaired) electrons. The maximum atomic E-state index is 11.5. The summed E-state index contributed by atoms with van der Waals surface area (Å²) < 4.78 is 6.24. The summed E-state index contributed by atoms with van der Waals surface area (Å²) in [5.74, 6) is 4.65. The number of fused-ring (bicyclic) bond motifs is 4. The molecule has 0 heterocycles. The van der Waals surface area contributed by atoms with E-state index in [2.05, 4.69) is 20.8 Å². The Morgan fingerprint density at radius 1 is 1.07 bits per heavy atom. The molecule has 0 aromatic carbocycles. The van der Waals surface area contributed by atoms with Crippen LogP contribution in [0.1, 0.15) is 78.6 Å². The zero-order valence-electron chi connectivity index (χ0n) is 18.8. The predicted octanol–water partition coefficient (Wildman–Crippen LogP) is 5.63. The number of carbonyl (C=O) groups is 1. The minimum absolute atomic E-state index is 0.0550. The Morgan fingerprint density at radius 3 is 2.52 bits per heavy atom. The van der Waals surface area contributed by atoms with E-state index in [0.29, 0.717) is 34.2 Å². The quantitative estimate of drug-likeness (QED) is 0.665. The highest BCUT2D eigenvalue weighted by Crippen LogP contribution is 2.82. The lowest BCUT2D eigenvalue weighted by Gasteiger charge is -2.61. The number of carboxylic acids is 1. The Morgan fingerprint density at radius 2 is 1.86 bits per heavy atom. The first kappa shape index (κ1) is 19.1. The van der Waals surface area contributed by atoms with Crippen LogP contribution >= 0.6 is 0 Å². The van der Waals surface area contributed by atoms with Crippen LogP contribution in [0.5, 0.6) is 0 Å². The van der Waals surface area contributed by atoms with E-state index in [0.717, 1.165) is 36.0 Å². The van der Waals surface area contributed by atoms with Crippen LogP contribution in [0.15, 0.2) is 0 Å². The van der Waals surface area contributed by atoms with Gasteiger partial charge in [-0.1, -0.05) is 20.8 Å². The zero-order chi connectivity index (χ0) is 20.3. The molecule has 6 aliphatic rings. The molecular weight excluding hydrogens is 360 g/mol. The molecule has 162 valence electrons. The van der Waals surface area contributed by atoms with Gasteiger partial charge in [0.2, 0.25) is 0 Å². The lowest BCUT2D eigenvalue weighted by atomic mass is 9.45. The normalized spacial score (nSPS) is 60.6. The van der Waals surface area contributed by atoms with Crippen LogP contribution in [0.3, 0.4) is 0 Å². The molecule has 0 amide bonds. The summed E-state index contributed by atoms with van der Waals surface area (Å²) in [6.07, 6.45) is 12.5. The number of hydrogen-bond acceptors (Lipinski definition) is 2. The first-order valence-corrected chi connectivity index (χ1v) is 12.5. The Bertz CT molecular complexity index is 733. The fraction of sp³-hybridized carbons (Fsp3) is 0.962. The average Bonchev–Trinajstić information content (AvgIpc) is 3.57. The standard InChI is InChI=1S/C26H40O3/c1-14(16-11-17(16)23(27)28)19-5-6-20-18-12-22(29-4)26-13-15(26)7-10-25(26,3)21(18)8-9-24(19,20)2/h14-22H,5-13H2,1-4H3,(H,27,28)/t14-,15-,16-,17+,18+,19-,20+,21+,22?,24-,25-,26+/m1/s1. The van der Waals surface area contributed by atoms with Crippen molar-refractivity contribution >= 4 is 5.97 Å². The van der Waals surface area contributed by atoms with Crippen molar-refractivity contribution in [3.8, 4) is 0 Å². The van der Waals surface area contributed by atoms with E-state index in [4.69, 9.17) is 4.74 Å². The Kier molecular flexibility index (Phi) is 3.83. The van der Waals surface area contributed by atoms with Crippen LogP contribution < -0.4 is 0 Å². The van der Waals surface area contributed by atoms with Crippen molar-refractivity contribution in [3.05, 3.63) is 0 Å². The summed E-state index contributed by atoms with van der Waals surface area (Å²) >= 11 is 0. The second-order valence-electron chi connectivity index (χ2n) is 12.7. The second kappa shape index (κ2) is 5.81. The number of carboxylic acid groups (broad SMARTS) is 1. The summed E-state index contributed by atoms with van der Waals surface area (Å²) in [5.41, 5.74) is 1.45. The van der Waals surface area contributed by atoms with Crippen molar-refractivity contribution in [2.24, 2.45) is 63.6 Å². The smallest absolute Gasteiger partial charge is 0.306 e. The maximum absolute atomic E-state index is 11.5. The van der Waals surface area contributed by atoms with Crippen molar-refractivity contribution in [1.29, 1.82) is 0 Å². The van der Waals surface area contributed by atoms with E-state index in [9.17, 15) is 9.90 Å². The number of hydrogen-bond donors (Lipinski definition) is 1. The molecule has 0 aliphatic heterocycles. The van der Waals surface area contributed by atoms with Gasteiger partial charge in [-0.15, -0.1) is 0 Å². The molecule has 12 atom stereocenters. The third kappa shape index (κ3) is 2.17. The summed E-state index contributed by atoms with van der Waals surface area (Å²) in [5, 5.41) is 9.45. The third-order valence-electron chi connectivity index (χ3n) is 12.4. The van der Waals surface area contributed by atoms with E-state index >= 15 is 0 Å². The third-order valence-corrected chi connectivity index (χ3v) is 12.4. The predicted molar refractivity (Wildman–Crippen MR) is 112 cm³/mol. The largest absolute Gasteiger partial charge is 0.481 e. The number of aliphatic carboxylic acids is 1. The molecule has 0 aromatic rings. The van der Waals surface area contributed by atoms with Gasteiger partial charge in [0.25, 0.3) is 0 Å². The van der Waals surface area contributed by atoms with Crippen LogP contribution in [-0.2, 0) is 9.53 Å². The van der Waals surface area contributed by atoms with E-state index in [1.165, 1.54) is 51.4 Å². The minimum atomic E-state index is -0.557. The van der Waals surface area contributed by atoms with Gasteiger partial charge in [0.1, 0.15) is 0 Å². The molecular formula is C26H40O3. The van der Waals surface area contributed by atoms with Gasteiger partial charge in [-0.05, 0) is 110 Å². The van der Waals surface area contributed by atoms with Gasteiger partial charge in [-0.3, -0.25) is 4.79 Å². The van der Waals surface area contributed by atoms with Crippen molar-refractivity contribution in [2.75, 3.05) is 7.11 Å². The molecule has 3 nitrogen and oxygen atoms in total. The topological polar surface area (TPSA) is 46.5 Å². The SMILES string of the molecule is COC1C[C@H]2[C@@H]3CC[C@H]([C@H](C)[C@H]4C[C@@H]4C(=O)O)[C@@]3(C)CC[C@@H]2[C@@]2(C)CC[C@@H]3C[C@@]132. The van der Waals surface area contributed by atoms with Gasteiger partial charge in [-0.2, -0.15) is 0 Å². The molecule has 0 bridgehead atoms. The summed E-state index contributed by atoms with van der Waals surface area (Å²) in [6, 6.07) is 0. The second-order valence-corrected chi connectivity index (χ2v) is 12.7. The molecule has 6 rings (SSSR count). The Hall–Kier alpha value is -0.570. The number of rotatable bonds is 4. The molecule has 6 aliphatic carbocycles. The molecule has 29 heavy (non-hydrogen) atoms. The van der Waals surface area contributed by atoms with Crippen LogP contribution in [0.4, 0.5) is 0 Å². The van der Waals surface area contributed by atoms with Gasteiger partial charge < -0.3 is 9.84 Å². The lowest BCUT2D eigenvalue weighted by molar-refractivity contribution is -0.161. The minimum Gasteiger partial charge on any atom is -0.481 e. The van der Waals surface area contributed by atoms with E-state index in [1.807, 2.05) is 7.11 Å². The Labute approximate surface area is 176 Å². The van der Waals surface area contributed by atoms with Crippen molar-refractivity contribution < 1.29 is 14.6 Å². The highest BCUT2D eigenvalue weighted by molar-refractivity contribution is 5.73. The van der Waals surface area contributed by atoms with Crippen LogP contribution in [0.2, 0.25) is 0 Å². The molecule has 0 saturated heterocycles. The van der Waals surface area contributed by atoms with E-state index in [-0.39, 0.29) is 5.92 Å². The van der Waals surface area contributed by atoms with Crippen molar-refractivity contribution in [1.82, 2.24) is 0 Å². The first-order chi connectivity index (χ1) is 13.8. The summed E-state index contributed by atoms with van der Waals surface area (Å²) in [7, 11) is 1.98. The van der Waals surface area contributed by atoms with Crippen molar-refractivity contribution in [3.63, 3.8) is 0 Å². The zero-order valence-corrected chi connectivity index (χ0v) is 18.8. The maximum Gasteiger partial charge on any atom is 0.306 e. The first-order valence-electron chi connectivity index (χ1n) is 12.5. The Balaban J connectivity index is 1.28. The lowest BCUT2D eigenvalue weighted by Crippen LogP contribution is -2.57. The van der Waals surface area contributed by atoms with Gasteiger partial charge >= 0.3 is 5.97 Å². The van der Waals surface area contributed by atoms with Gasteiger partial charge in [0.05, 0.1) is 12.0 Å². The van der Waals surface area contributed by atoms with E-state index in [1.54, 1.807) is 0 Å². The summed E-state index contributed by atoms with van der Waals surface area (Å²) in [6.45, 7) is 7.64. The molecule has 1 unspecified atom stereocenters. The monoisotopic (exact) mass is 400 g/mol. The van der Waals surface area contributed by atoms with Crippen LogP contribution in [-0.4, -0.2) is 24.3 Å². The van der Waals surface area contributed by atoms with Crippen molar-refractivity contribution in [2.45, 2.75) is 84.7 Å². The summed E-state index contributed by atoms with van der Waals surface area (Å²) in [4.78, 5) is 11.5. The molecule has 6 saturated carbocycles. The van der Waals surface area contributed by atoms with Crippen LogP contribution in [0.25, 0.3) is 0 Å². The number of methoxy groups -OCH3 is 1. The highest BCUT2D eigenvalue weighted by Gasteiger charge is 2.77. The molecule has 1 N–H and O–H groups in total. The van der Waals surface area contributed by atoms with Gasteiger partial charge in [0.15, 0.2) is 0 Å². The molecule has 3 heteroatoms. The fourth-order valence-electron chi connectivity index (χ4n) is 10.9. The van der Waals surface area contributed by atoms with Gasteiger partial charge in [0, 0.05) is 12.5 Å². The number of ether oxygens (including phenoxy) is 1. The fourth-order valence-corrected chi connectivity index (χ4v) is 10.9. The average molecular weight is 401 g/mol. The molecule has 0 aromatic heterocycles.